The minimum Gasteiger partial charge on any atom is -0.369 e. The summed E-state index contributed by atoms with van der Waals surface area (Å²) in [4.78, 5) is 31.1. The number of likely N-dealkylation sites (tertiary alicyclic amines) is 2. The Morgan fingerprint density at radius 3 is 2.23 bits per heavy atom. The van der Waals surface area contributed by atoms with Crippen LogP contribution in [-0.4, -0.2) is 66.9 Å². The Kier molecular flexibility index (Phi) is 10.9. The topological polar surface area (TPSA) is 69.9 Å². The van der Waals surface area contributed by atoms with Crippen molar-refractivity contribution in [3.63, 3.8) is 0 Å². The second kappa shape index (κ2) is 13.9. The normalized spacial score (nSPS) is 18.6. The van der Waals surface area contributed by atoms with Crippen LogP contribution >= 0.6 is 0 Å². The summed E-state index contributed by atoms with van der Waals surface area (Å²) in [5.74, 6) is 0.249. The molecule has 0 radical (unpaired) electrons. The first-order valence-electron chi connectivity index (χ1n) is 14.0. The van der Waals surface area contributed by atoms with Crippen molar-refractivity contribution in [1.29, 1.82) is 0 Å². The molecule has 2 fully saturated rings. The van der Waals surface area contributed by atoms with Crippen LogP contribution in [0.5, 0.6) is 0 Å². The first kappa shape index (κ1) is 27.5. The van der Waals surface area contributed by atoms with Gasteiger partial charge in [0.25, 0.3) is 0 Å². The monoisotopic (exact) mass is 484 g/mol. The van der Waals surface area contributed by atoms with E-state index in [4.69, 9.17) is 5.73 Å². The summed E-state index contributed by atoms with van der Waals surface area (Å²) in [6.07, 6.45) is 9.31. The first-order chi connectivity index (χ1) is 16.8. The molecule has 2 saturated heterocycles. The van der Waals surface area contributed by atoms with Gasteiger partial charge in [0.15, 0.2) is 0 Å². The van der Waals surface area contributed by atoms with E-state index in [9.17, 15) is 9.59 Å². The molecule has 1 aromatic carbocycles. The highest BCUT2D eigenvalue weighted by Gasteiger charge is 2.27. The lowest BCUT2D eigenvalue weighted by Gasteiger charge is -2.40. The average Bonchev–Trinajstić information content (AvgIpc) is 2.87. The number of amides is 2. The molecular formula is C29H48N4O2. The van der Waals surface area contributed by atoms with E-state index in [-0.39, 0.29) is 17.7 Å². The molecule has 0 bridgehead atoms. The third-order valence-electron chi connectivity index (χ3n) is 7.92. The van der Waals surface area contributed by atoms with Gasteiger partial charge in [-0.05, 0) is 81.6 Å². The van der Waals surface area contributed by atoms with Crippen LogP contribution in [0.3, 0.4) is 0 Å². The highest BCUT2D eigenvalue weighted by atomic mass is 16.2. The standard InChI is InChI=1S/C29H48N4O2/c1-23(2)13-22-33(26-10-8-25(9-11-26)14-19-31-17-5-4-6-18-31)27-15-20-32(21-16-27)28(34)12-7-24(3)29(30)35/h8-11,23-24,27H,4-7,12-22H2,1-3H3,(H2,30,35). The zero-order valence-corrected chi connectivity index (χ0v) is 22.4. The molecule has 0 aromatic heterocycles. The van der Waals surface area contributed by atoms with Crippen LogP contribution < -0.4 is 10.6 Å². The van der Waals surface area contributed by atoms with Gasteiger partial charge >= 0.3 is 0 Å². The summed E-state index contributed by atoms with van der Waals surface area (Å²) >= 11 is 0. The maximum Gasteiger partial charge on any atom is 0.222 e. The van der Waals surface area contributed by atoms with Crippen LogP contribution in [0.25, 0.3) is 0 Å². The van der Waals surface area contributed by atoms with Crippen LogP contribution in [0.15, 0.2) is 24.3 Å². The van der Waals surface area contributed by atoms with Crippen molar-refractivity contribution in [3.05, 3.63) is 29.8 Å². The number of anilines is 1. The van der Waals surface area contributed by atoms with Crippen molar-refractivity contribution in [2.75, 3.05) is 44.2 Å². The molecular weight excluding hydrogens is 436 g/mol. The number of hydrogen-bond donors (Lipinski definition) is 1. The second-order valence-electron chi connectivity index (χ2n) is 11.1. The minimum absolute atomic E-state index is 0.156. The molecule has 2 amide bonds. The van der Waals surface area contributed by atoms with Crippen LogP contribution in [0.4, 0.5) is 5.69 Å². The summed E-state index contributed by atoms with van der Waals surface area (Å²) < 4.78 is 0. The van der Waals surface area contributed by atoms with Crippen molar-refractivity contribution in [2.45, 2.75) is 84.6 Å². The highest BCUT2D eigenvalue weighted by Crippen LogP contribution is 2.26. The average molecular weight is 485 g/mol. The lowest BCUT2D eigenvalue weighted by Crippen LogP contribution is -2.47. The molecule has 0 aliphatic carbocycles. The van der Waals surface area contributed by atoms with Crippen molar-refractivity contribution >= 4 is 17.5 Å². The van der Waals surface area contributed by atoms with Gasteiger partial charge in [-0.3, -0.25) is 9.59 Å². The lowest BCUT2D eigenvalue weighted by molar-refractivity contribution is -0.132. The number of piperidine rings is 2. The summed E-state index contributed by atoms with van der Waals surface area (Å²) in [5.41, 5.74) is 8.08. The molecule has 1 atom stereocenters. The van der Waals surface area contributed by atoms with E-state index in [1.165, 1.54) is 56.6 Å². The van der Waals surface area contributed by atoms with Gasteiger partial charge in [-0.1, -0.05) is 39.3 Å². The summed E-state index contributed by atoms with van der Waals surface area (Å²) in [6, 6.07) is 9.73. The van der Waals surface area contributed by atoms with E-state index in [0.29, 0.717) is 24.8 Å². The lowest BCUT2D eigenvalue weighted by atomic mass is 9.99. The third kappa shape index (κ3) is 8.82. The largest absolute Gasteiger partial charge is 0.369 e. The van der Waals surface area contributed by atoms with E-state index in [2.05, 4.69) is 47.9 Å². The van der Waals surface area contributed by atoms with E-state index >= 15 is 0 Å². The molecule has 2 N–H and O–H groups in total. The van der Waals surface area contributed by atoms with Gasteiger partial charge in [0.1, 0.15) is 0 Å². The van der Waals surface area contributed by atoms with E-state index < -0.39 is 0 Å². The molecule has 0 spiro atoms. The van der Waals surface area contributed by atoms with Crippen LogP contribution in [0.1, 0.15) is 77.7 Å². The molecule has 0 saturated carbocycles. The summed E-state index contributed by atoms with van der Waals surface area (Å²) in [7, 11) is 0. The number of hydrogen-bond acceptors (Lipinski definition) is 4. The Morgan fingerprint density at radius 2 is 1.63 bits per heavy atom. The fourth-order valence-corrected chi connectivity index (χ4v) is 5.31. The first-order valence-corrected chi connectivity index (χ1v) is 14.0. The van der Waals surface area contributed by atoms with Crippen LogP contribution in [-0.2, 0) is 16.0 Å². The summed E-state index contributed by atoms with van der Waals surface area (Å²) in [5, 5.41) is 0. The van der Waals surface area contributed by atoms with Gasteiger partial charge in [-0.25, -0.2) is 0 Å². The van der Waals surface area contributed by atoms with Crippen molar-refractivity contribution in [1.82, 2.24) is 9.80 Å². The van der Waals surface area contributed by atoms with Gasteiger partial charge in [0, 0.05) is 50.2 Å². The molecule has 1 aromatic rings. The number of nitrogens with zero attached hydrogens (tertiary/aromatic N) is 3. The Hall–Kier alpha value is -2.08. The molecule has 6 nitrogen and oxygen atoms in total. The number of carbonyl (C=O) groups excluding carboxylic acids is 2. The number of benzene rings is 1. The molecule has 2 aliphatic heterocycles. The number of nitrogens with two attached hydrogens (primary N) is 1. The predicted molar refractivity (Wildman–Crippen MR) is 144 cm³/mol. The molecule has 2 aliphatic rings. The Morgan fingerprint density at radius 1 is 0.971 bits per heavy atom. The van der Waals surface area contributed by atoms with Gasteiger partial charge in [-0.2, -0.15) is 0 Å². The Balaban J connectivity index is 1.54. The van der Waals surface area contributed by atoms with Gasteiger partial charge in [-0.15, -0.1) is 0 Å². The number of carbonyl (C=O) groups is 2. The number of rotatable bonds is 12. The van der Waals surface area contributed by atoms with E-state index in [0.717, 1.165) is 38.9 Å². The Bertz CT molecular complexity index is 780. The zero-order valence-electron chi connectivity index (χ0n) is 22.4. The van der Waals surface area contributed by atoms with Crippen molar-refractivity contribution in [2.24, 2.45) is 17.6 Å². The fourth-order valence-electron chi connectivity index (χ4n) is 5.31. The zero-order chi connectivity index (χ0) is 25.2. The molecule has 196 valence electrons. The smallest absolute Gasteiger partial charge is 0.222 e. The molecule has 3 rings (SSSR count). The maximum atomic E-state index is 12.7. The van der Waals surface area contributed by atoms with Crippen LogP contribution in [0.2, 0.25) is 0 Å². The van der Waals surface area contributed by atoms with Gasteiger partial charge in [0.2, 0.25) is 11.8 Å². The van der Waals surface area contributed by atoms with Gasteiger partial charge in [0.05, 0.1) is 0 Å². The van der Waals surface area contributed by atoms with Crippen LogP contribution in [0, 0.1) is 11.8 Å². The molecule has 35 heavy (non-hydrogen) atoms. The maximum absolute atomic E-state index is 12.7. The van der Waals surface area contributed by atoms with Gasteiger partial charge < -0.3 is 20.4 Å². The molecule has 6 heteroatoms. The van der Waals surface area contributed by atoms with E-state index in [1.807, 2.05) is 4.90 Å². The van der Waals surface area contributed by atoms with E-state index in [1.54, 1.807) is 6.92 Å². The van der Waals surface area contributed by atoms with Crippen molar-refractivity contribution in [3.8, 4) is 0 Å². The second-order valence-corrected chi connectivity index (χ2v) is 11.1. The predicted octanol–water partition coefficient (Wildman–Crippen LogP) is 4.46. The quantitative estimate of drug-likeness (QED) is 0.476. The minimum atomic E-state index is -0.324. The molecule has 2 heterocycles. The fraction of sp³-hybridized carbons (Fsp3) is 0.724. The number of primary amides is 1. The summed E-state index contributed by atoms with van der Waals surface area (Å²) in [6.45, 7) is 12.7. The molecule has 1 unspecified atom stereocenters. The SMILES string of the molecule is CC(C)CCN(c1ccc(CCN2CCCCC2)cc1)C1CCN(C(=O)CCC(C)C(N)=O)CC1. The van der Waals surface area contributed by atoms with Crippen molar-refractivity contribution < 1.29 is 9.59 Å². The third-order valence-corrected chi connectivity index (χ3v) is 7.92. The Labute approximate surface area is 213 Å². The highest BCUT2D eigenvalue weighted by molar-refractivity contribution is 5.79.